The molecule has 0 saturated carbocycles. The monoisotopic (exact) mass is 762 g/mol. The van der Waals surface area contributed by atoms with Gasteiger partial charge in [0.25, 0.3) is 0 Å². The fourth-order valence-electron chi connectivity index (χ4n) is 8.53. The van der Waals surface area contributed by atoms with Crippen LogP contribution in [0.25, 0.3) is 113 Å². The molecule has 0 aliphatic carbocycles. The molecule has 4 heterocycles. The number of fused-ring (bicyclic) bond motifs is 9. The summed E-state index contributed by atoms with van der Waals surface area (Å²) in [5, 5.41) is 7.47. The van der Waals surface area contributed by atoms with Crippen molar-refractivity contribution in [2.75, 3.05) is 0 Å². The molecule has 0 fully saturated rings. The summed E-state index contributed by atoms with van der Waals surface area (Å²) in [6.07, 6.45) is 0. The van der Waals surface area contributed by atoms with E-state index in [2.05, 4.69) is 150 Å². The van der Waals surface area contributed by atoms with Crippen molar-refractivity contribution in [3.63, 3.8) is 0 Å². The molecule has 0 bridgehead atoms. The van der Waals surface area contributed by atoms with Gasteiger partial charge < -0.3 is 4.57 Å². The van der Waals surface area contributed by atoms with E-state index in [0.29, 0.717) is 17.5 Å². The van der Waals surface area contributed by atoms with Gasteiger partial charge in [0, 0.05) is 67.8 Å². The maximum atomic E-state index is 5.12. The summed E-state index contributed by atoms with van der Waals surface area (Å²) in [7, 11) is 0. The molecule has 0 amide bonds. The van der Waals surface area contributed by atoms with Crippen LogP contribution >= 0.6 is 22.7 Å². The van der Waals surface area contributed by atoms with E-state index in [-0.39, 0.29) is 0 Å². The van der Waals surface area contributed by atoms with E-state index < -0.39 is 0 Å². The summed E-state index contributed by atoms with van der Waals surface area (Å²) in [5.41, 5.74) is 9.00. The molecule has 0 saturated heterocycles. The number of aromatic nitrogens is 4. The Morgan fingerprint density at radius 2 is 0.912 bits per heavy atom. The standard InChI is InChI=1S/C51H30N4S2/c1-3-14-31(15-4-1)49-52-50(32-16-5-2-6-17-32)54-51(53-49)38-22-12-26-44-46(38)37-21-11-20-34(48(37)57-44)33-28-29-43-39(30-33)47-42(25-13-27-45(47)56-43)55-40-23-9-7-18-35(40)36-19-8-10-24-41(36)55/h1-30H. The number of rotatable bonds is 5. The van der Waals surface area contributed by atoms with Crippen LogP contribution < -0.4 is 0 Å². The minimum Gasteiger partial charge on any atom is -0.309 e. The van der Waals surface area contributed by atoms with E-state index in [9.17, 15) is 0 Å². The van der Waals surface area contributed by atoms with E-state index in [0.717, 1.165) is 16.7 Å². The Kier molecular flexibility index (Phi) is 7.24. The second-order valence-corrected chi connectivity index (χ2v) is 16.5. The highest BCUT2D eigenvalue weighted by Gasteiger charge is 2.20. The molecule has 0 unspecified atom stereocenters. The highest BCUT2D eigenvalue weighted by atomic mass is 32.1. The minimum absolute atomic E-state index is 0.660. The summed E-state index contributed by atoms with van der Waals surface area (Å²) in [4.78, 5) is 15.2. The topological polar surface area (TPSA) is 43.6 Å². The molecular weight excluding hydrogens is 733 g/mol. The van der Waals surface area contributed by atoms with Crippen LogP contribution in [0.3, 0.4) is 0 Å². The van der Waals surface area contributed by atoms with Crippen LogP contribution in [-0.2, 0) is 0 Å². The van der Waals surface area contributed by atoms with Crippen molar-refractivity contribution in [2.45, 2.75) is 0 Å². The van der Waals surface area contributed by atoms with Gasteiger partial charge in [-0.3, -0.25) is 0 Å². The Morgan fingerprint density at radius 3 is 1.61 bits per heavy atom. The summed E-state index contributed by atoms with van der Waals surface area (Å²) in [6.45, 7) is 0. The normalized spacial score (nSPS) is 11.9. The van der Waals surface area contributed by atoms with E-state index in [1.807, 2.05) is 59.1 Å². The Morgan fingerprint density at radius 1 is 0.351 bits per heavy atom. The lowest BCUT2D eigenvalue weighted by Crippen LogP contribution is -2.00. The SMILES string of the molecule is c1ccc(-c2nc(-c3ccccc3)nc(-c3cccc4sc5c(-c6ccc7sc8cccc(-n9c%10ccccc%10c%10ccccc%109)c8c7c6)cccc5c34)n2)cc1. The van der Waals surface area contributed by atoms with Crippen LogP contribution in [0.1, 0.15) is 0 Å². The Labute approximate surface area is 335 Å². The first-order chi connectivity index (χ1) is 28.3. The van der Waals surface area contributed by atoms with Crippen molar-refractivity contribution >= 4 is 84.8 Å². The Balaban J connectivity index is 1.06. The number of benzene rings is 8. The van der Waals surface area contributed by atoms with Gasteiger partial charge in [0.2, 0.25) is 0 Å². The lowest BCUT2D eigenvalue weighted by molar-refractivity contribution is 1.08. The van der Waals surface area contributed by atoms with Gasteiger partial charge in [-0.15, -0.1) is 22.7 Å². The molecule has 57 heavy (non-hydrogen) atoms. The van der Waals surface area contributed by atoms with Crippen LogP contribution in [0, 0.1) is 0 Å². The molecule has 0 spiro atoms. The molecule has 12 rings (SSSR count). The zero-order chi connectivity index (χ0) is 37.5. The van der Waals surface area contributed by atoms with Crippen LogP contribution in [0.2, 0.25) is 0 Å². The van der Waals surface area contributed by atoms with Crippen LogP contribution in [0.15, 0.2) is 182 Å². The largest absolute Gasteiger partial charge is 0.309 e. The van der Waals surface area contributed by atoms with Gasteiger partial charge in [0.15, 0.2) is 17.5 Å². The molecule has 4 aromatic heterocycles. The van der Waals surface area contributed by atoms with Crippen LogP contribution in [0.4, 0.5) is 0 Å². The first-order valence-corrected chi connectivity index (χ1v) is 20.7. The molecule has 0 radical (unpaired) electrons. The maximum absolute atomic E-state index is 5.12. The van der Waals surface area contributed by atoms with Crippen molar-refractivity contribution < 1.29 is 0 Å². The molecule has 0 N–H and O–H groups in total. The average molecular weight is 763 g/mol. The van der Waals surface area contributed by atoms with Gasteiger partial charge in [-0.05, 0) is 53.6 Å². The molecular formula is C51H30N4S2. The lowest BCUT2D eigenvalue weighted by Gasteiger charge is -2.11. The molecule has 4 nitrogen and oxygen atoms in total. The molecule has 0 atom stereocenters. The van der Waals surface area contributed by atoms with E-state index >= 15 is 0 Å². The Hall–Kier alpha value is -6.99. The third kappa shape index (κ3) is 5.08. The molecule has 12 aromatic rings. The predicted octanol–water partition coefficient (Wildman–Crippen LogP) is 14.4. The second-order valence-electron chi connectivity index (χ2n) is 14.3. The van der Waals surface area contributed by atoms with Gasteiger partial charge >= 0.3 is 0 Å². The quantitative estimate of drug-likeness (QED) is 0.175. The summed E-state index contributed by atoms with van der Waals surface area (Å²) in [6, 6.07) is 64.8. The predicted molar refractivity (Wildman–Crippen MR) is 242 cm³/mol. The van der Waals surface area contributed by atoms with Gasteiger partial charge in [0.1, 0.15) is 0 Å². The smallest absolute Gasteiger partial charge is 0.164 e. The van der Waals surface area contributed by atoms with Gasteiger partial charge in [-0.25, -0.2) is 15.0 Å². The number of nitrogens with zero attached hydrogens (tertiary/aromatic N) is 4. The fraction of sp³-hybridized carbons (Fsp3) is 0. The van der Waals surface area contributed by atoms with Gasteiger partial charge in [-0.1, -0.05) is 140 Å². The molecule has 0 aliphatic rings. The van der Waals surface area contributed by atoms with Crippen molar-refractivity contribution in [1.82, 2.24) is 19.5 Å². The average Bonchev–Trinajstić information content (AvgIpc) is 3.96. The zero-order valence-electron chi connectivity index (χ0n) is 30.4. The van der Waals surface area contributed by atoms with Crippen LogP contribution in [-0.4, -0.2) is 19.5 Å². The molecule has 8 aromatic carbocycles. The number of thiophene rings is 2. The molecule has 0 aliphatic heterocycles. The maximum Gasteiger partial charge on any atom is 0.164 e. The molecule has 266 valence electrons. The van der Waals surface area contributed by atoms with Gasteiger partial charge in [-0.2, -0.15) is 0 Å². The minimum atomic E-state index is 0.660. The van der Waals surface area contributed by atoms with Crippen LogP contribution in [0.5, 0.6) is 0 Å². The third-order valence-electron chi connectivity index (χ3n) is 11.1. The van der Waals surface area contributed by atoms with Crippen molar-refractivity contribution in [1.29, 1.82) is 0 Å². The number of hydrogen-bond donors (Lipinski definition) is 0. The number of hydrogen-bond acceptors (Lipinski definition) is 5. The Bertz CT molecular complexity index is 3410. The van der Waals surface area contributed by atoms with Crippen molar-refractivity contribution in [3.05, 3.63) is 182 Å². The van der Waals surface area contributed by atoms with E-state index in [1.54, 1.807) is 0 Å². The van der Waals surface area contributed by atoms with Crippen molar-refractivity contribution in [2.24, 2.45) is 0 Å². The van der Waals surface area contributed by atoms with Gasteiger partial charge in [0.05, 0.1) is 16.7 Å². The third-order valence-corrected chi connectivity index (χ3v) is 13.4. The van der Waals surface area contributed by atoms with Crippen molar-refractivity contribution in [3.8, 4) is 51.0 Å². The van der Waals surface area contributed by atoms with E-state index in [4.69, 9.17) is 15.0 Å². The van der Waals surface area contributed by atoms with E-state index in [1.165, 1.54) is 79.0 Å². The second kappa shape index (κ2) is 12.8. The summed E-state index contributed by atoms with van der Waals surface area (Å²) < 4.78 is 7.48. The highest BCUT2D eigenvalue weighted by molar-refractivity contribution is 7.26. The fourth-order valence-corrected chi connectivity index (χ4v) is 10.9. The summed E-state index contributed by atoms with van der Waals surface area (Å²) >= 11 is 3.70. The first-order valence-electron chi connectivity index (χ1n) is 19.0. The number of para-hydroxylation sites is 2. The molecule has 6 heteroatoms. The lowest BCUT2D eigenvalue weighted by atomic mass is 9.99. The highest BCUT2D eigenvalue weighted by Crippen LogP contribution is 2.46. The first kappa shape index (κ1) is 32.3. The zero-order valence-corrected chi connectivity index (χ0v) is 32.1. The summed E-state index contributed by atoms with van der Waals surface area (Å²) in [5.74, 6) is 1.99.